The lowest BCUT2D eigenvalue weighted by atomic mass is 10.2. The zero-order chi connectivity index (χ0) is 11.8. The number of hydrogen-bond acceptors (Lipinski definition) is 2. The van der Waals surface area contributed by atoms with Gasteiger partial charge in [-0.05, 0) is 17.7 Å². The highest BCUT2D eigenvalue weighted by atomic mass is 32.2. The standard InChI is InChI=1S/C15H15NS/c1-3-7-14(8-4-1)13-16-11-12-17-15-9-5-2-6-10-15/h1-10,13H,11-12H2. The van der Waals surface area contributed by atoms with Crippen molar-refractivity contribution in [1.29, 1.82) is 0 Å². The summed E-state index contributed by atoms with van der Waals surface area (Å²) in [5.41, 5.74) is 1.16. The minimum atomic E-state index is 0.856. The van der Waals surface area contributed by atoms with Crippen LogP contribution in [0, 0.1) is 0 Å². The van der Waals surface area contributed by atoms with Gasteiger partial charge < -0.3 is 0 Å². The average Bonchev–Trinajstić information content (AvgIpc) is 2.41. The maximum Gasteiger partial charge on any atom is 0.0483 e. The van der Waals surface area contributed by atoms with Gasteiger partial charge in [-0.15, -0.1) is 11.8 Å². The minimum Gasteiger partial charge on any atom is -0.292 e. The molecule has 0 aliphatic carbocycles. The zero-order valence-electron chi connectivity index (χ0n) is 9.62. The molecule has 0 fully saturated rings. The van der Waals surface area contributed by atoms with Gasteiger partial charge in [0.25, 0.3) is 0 Å². The number of thioether (sulfide) groups is 1. The Hall–Kier alpha value is -1.54. The number of benzene rings is 2. The van der Waals surface area contributed by atoms with E-state index >= 15 is 0 Å². The highest BCUT2D eigenvalue weighted by Crippen LogP contribution is 2.16. The van der Waals surface area contributed by atoms with Crippen LogP contribution in [0.5, 0.6) is 0 Å². The molecule has 86 valence electrons. The van der Waals surface area contributed by atoms with Crippen molar-refractivity contribution in [2.45, 2.75) is 4.90 Å². The molecule has 0 aliphatic rings. The van der Waals surface area contributed by atoms with Gasteiger partial charge in [0.2, 0.25) is 0 Å². The summed E-state index contributed by atoms with van der Waals surface area (Å²) < 4.78 is 0. The smallest absolute Gasteiger partial charge is 0.0483 e. The van der Waals surface area contributed by atoms with Crippen LogP contribution >= 0.6 is 11.8 Å². The summed E-state index contributed by atoms with van der Waals surface area (Å²) >= 11 is 1.84. The van der Waals surface area contributed by atoms with E-state index in [1.165, 1.54) is 4.90 Å². The van der Waals surface area contributed by atoms with Crippen LogP contribution in [0.15, 0.2) is 70.6 Å². The molecule has 0 aliphatic heterocycles. The van der Waals surface area contributed by atoms with Gasteiger partial charge in [0.1, 0.15) is 0 Å². The van der Waals surface area contributed by atoms with E-state index in [-0.39, 0.29) is 0 Å². The summed E-state index contributed by atoms with van der Waals surface area (Å²) in [6, 6.07) is 20.6. The van der Waals surface area contributed by atoms with E-state index in [9.17, 15) is 0 Å². The second kappa shape index (κ2) is 6.92. The van der Waals surface area contributed by atoms with Crippen molar-refractivity contribution < 1.29 is 0 Å². The summed E-state index contributed by atoms with van der Waals surface area (Å²) in [5, 5.41) is 0. The lowest BCUT2D eigenvalue weighted by molar-refractivity contribution is 1.15. The molecule has 1 nitrogen and oxygen atoms in total. The Morgan fingerprint density at radius 1 is 0.882 bits per heavy atom. The Morgan fingerprint density at radius 3 is 2.24 bits per heavy atom. The summed E-state index contributed by atoms with van der Waals surface area (Å²) in [4.78, 5) is 5.72. The Labute approximate surface area is 107 Å². The van der Waals surface area contributed by atoms with Crippen molar-refractivity contribution in [2.24, 2.45) is 4.99 Å². The third kappa shape index (κ3) is 4.45. The monoisotopic (exact) mass is 241 g/mol. The lowest BCUT2D eigenvalue weighted by Crippen LogP contribution is -1.87. The predicted octanol–water partition coefficient (Wildman–Crippen LogP) is 3.90. The molecule has 0 bridgehead atoms. The van der Waals surface area contributed by atoms with Crippen LogP contribution in [0.3, 0.4) is 0 Å². The second-order valence-corrected chi connectivity index (χ2v) is 4.78. The Kier molecular flexibility index (Phi) is 4.86. The van der Waals surface area contributed by atoms with E-state index in [2.05, 4.69) is 41.4 Å². The van der Waals surface area contributed by atoms with Gasteiger partial charge in [0, 0.05) is 23.4 Å². The molecule has 0 amide bonds. The first-order chi connectivity index (χ1) is 8.45. The van der Waals surface area contributed by atoms with Gasteiger partial charge in [0.05, 0.1) is 0 Å². The first kappa shape index (κ1) is 11.9. The summed E-state index contributed by atoms with van der Waals surface area (Å²) in [5.74, 6) is 1.02. The van der Waals surface area contributed by atoms with Crippen LogP contribution in [0.25, 0.3) is 0 Å². The molecule has 17 heavy (non-hydrogen) atoms. The number of aliphatic imine (C=N–C) groups is 1. The summed E-state index contributed by atoms with van der Waals surface area (Å²) in [6.45, 7) is 0.856. The van der Waals surface area contributed by atoms with Gasteiger partial charge >= 0.3 is 0 Å². The van der Waals surface area contributed by atoms with E-state index < -0.39 is 0 Å². The molecule has 0 saturated heterocycles. The zero-order valence-corrected chi connectivity index (χ0v) is 10.4. The molecule has 0 unspecified atom stereocenters. The SMILES string of the molecule is C(=NCCSc1ccccc1)c1ccccc1. The van der Waals surface area contributed by atoms with E-state index in [4.69, 9.17) is 0 Å². The normalized spacial score (nSPS) is 10.8. The fourth-order valence-corrected chi connectivity index (χ4v) is 2.22. The van der Waals surface area contributed by atoms with Gasteiger partial charge in [-0.2, -0.15) is 0 Å². The number of rotatable bonds is 5. The number of hydrogen-bond donors (Lipinski definition) is 0. The molecule has 0 heterocycles. The van der Waals surface area contributed by atoms with E-state index in [0.717, 1.165) is 17.9 Å². The molecule has 0 saturated carbocycles. The highest BCUT2D eigenvalue weighted by Gasteiger charge is 1.90. The first-order valence-electron chi connectivity index (χ1n) is 5.68. The molecule has 0 N–H and O–H groups in total. The van der Waals surface area contributed by atoms with Crippen LogP contribution in [0.2, 0.25) is 0 Å². The van der Waals surface area contributed by atoms with Crippen LogP contribution in [0.4, 0.5) is 0 Å². The van der Waals surface area contributed by atoms with Crippen molar-refractivity contribution in [3.8, 4) is 0 Å². The van der Waals surface area contributed by atoms with Crippen LogP contribution < -0.4 is 0 Å². The Bertz CT molecular complexity index is 451. The molecular weight excluding hydrogens is 226 g/mol. The lowest BCUT2D eigenvalue weighted by Gasteiger charge is -1.98. The van der Waals surface area contributed by atoms with Crippen LogP contribution in [-0.2, 0) is 0 Å². The van der Waals surface area contributed by atoms with E-state index in [0.29, 0.717) is 0 Å². The molecule has 2 heteroatoms. The molecule has 0 spiro atoms. The molecule has 0 atom stereocenters. The maximum atomic E-state index is 4.41. The molecule has 0 aromatic heterocycles. The molecular formula is C15H15NS. The van der Waals surface area contributed by atoms with Gasteiger partial charge in [0.15, 0.2) is 0 Å². The fourth-order valence-electron chi connectivity index (χ4n) is 1.44. The van der Waals surface area contributed by atoms with Crippen LogP contribution in [0.1, 0.15) is 5.56 Å². The highest BCUT2D eigenvalue weighted by molar-refractivity contribution is 7.99. The van der Waals surface area contributed by atoms with Crippen molar-refractivity contribution >= 4 is 18.0 Å². The van der Waals surface area contributed by atoms with Crippen LogP contribution in [-0.4, -0.2) is 18.5 Å². The summed E-state index contributed by atoms with van der Waals surface area (Å²) in [6.07, 6.45) is 1.94. The van der Waals surface area contributed by atoms with Crippen molar-refractivity contribution in [3.63, 3.8) is 0 Å². The predicted molar refractivity (Wildman–Crippen MR) is 76.1 cm³/mol. The van der Waals surface area contributed by atoms with Crippen molar-refractivity contribution in [1.82, 2.24) is 0 Å². The largest absolute Gasteiger partial charge is 0.292 e. The molecule has 0 radical (unpaired) electrons. The Balaban J connectivity index is 1.72. The van der Waals surface area contributed by atoms with Crippen molar-refractivity contribution in [3.05, 3.63) is 66.2 Å². The third-order valence-electron chi connectivity index (χ3n) is 2.27. The average molecular weight is 241 g/mol. The molecule has 2 aromatic rings. The fraction of sp³-hybridized carbons (Fsp3) is 0.133. The Morgan fingerprint density at radius 2 is 1.53 bits per heavy atom. The minimum absolute atomic E-state index is 0.856. The summed E-state index contributed by atoms with van der Waals surface area (Å²) in [7, 11) is 0. The van der Waals surface area contributed by atoms with Gasteiger partial charge in [-0.3, -0.25) is 4.99 Å². The maximum absolute atomic E-state index is 4.41. The van der Waals surface area contributed by atoms with Gasteiger partial charge in [-0.25, -0.2) is 0 Å². The number of nitrogens with zero attached hydrogens (tertiary/aromatic N) is 1. The molecule has 2 aromatic carbocycles. The molecule has 2 rings (SSSR count). The second-order valence-electron chi connectivity index (χ2n) is 3.61. The quantitative estimate of drug-likeness (QED) is 0.439. The van der Waals surface area contributed by atoms with Gasteiger partial charge in [-0.1, -0.05) is 48.5 Å². The topological polar surface area (TPSA) is 12.4 Å². The third-order valence-corrected chi connectivity index (χ3v) is 3.26. The van der Waals surface area contributed by atoms with E-state index in [1.807, 2.05) is 42.2 Å². The first-order valence-corrected chi connectivity index (χ1v) is 6.66. The van der Waals surface area contributed by atoms with E-state index in [1.54, 1.807) is 0 Å². The van der Waals surface area contributed by atoms with Crippen molar-refractivity contribution in [2.75, 3.05) is 12.3 Å².